The van der Waals surface area contributed by atoms with Gasteiger partial charge >= 0.3 is 11.9 Å². The number of ether oxygens (including phenoxy) is 1. The fourth-order valence-electron chi connectivity index (χ4n) is 2.00. The lowest BCUT2D eigenvalue weighted by atomic mass is 9.94. The molecule has 2 rings (SSSR count). The third kappa shape index (κ3) is 2.18. The summed E-state index contributed by atoms with van der Waals surface area (Å²) in [7, 11) is 0. The molecule has 0 spiro atoms. The minimum Gasteiger partial charge on any atom is -0.481 e. The zero-order chi connectivity index (χ0) is 14.2. The monoisotopic (exact) mass is 270 g/mol. The topological polar surface area (TPSA) is 63.6 Å². The number of carbonyl (C=O) groups is 2. The number of hydrogen-bond donors (Lipinski definition) is 1. The zero-order valence-corrected chi connectivity index (χ0v) is 10.2. The Hall–Kier alpha value is -1.98. The molecule has 0 aromatic heterocycles. The number of carboxylic acid groups (broad SMARTS) is 1. The van der Waals surface area contributed by atoms with Gasteiger partial charge in [-0.15, -0.1) is 0 Å². The van der Waals surface area contributed by atoms with Gasteiger partial charge in [-0.25, -0.2) is 13.6 Å². The van der Waals surface area contributed by atoms with E-state index >= 15 is 0 Å². The quantitative estimate of drug-likeness (QED) is 0.852. The fourth-order valence-corrected chi connectivity index (χ4v) is 2.00. The predicted octanol–water partition coefficient (Wildman–Crippen LogP) is 2.26. The van der Waals surface area contributed by atoms with Crippen LogP contribution in [0.4, 0.5) is 8.78 Å². The molecule has 1 aliphatic rings. The normalized spacial score (nSPS) is 15.9. The van der Waals surface area contributed by atoms with Crippen molar-refractivity contribution in [2.45, 2.75) is 25.2 Å². The highest BCUT2D eigenvalue weighted by molar-refractivity contribution is 5.90. The van der Waals surface area contributed by atoms with E-state index in [0.717, 1.165) is 6.07 Å². The van der Waals surface area contributed by atoms with Gasteiger partial charge in [0.25, 0.3) is 0 Å². The minimum absolute atomic E-state index is 0.0424. The maximum absolute atomic E-state index is 13.9. The van der Waals surface area contributed by atoms with Crippen LogP contribution in [0.25, 0.3) is 0 Å². The van der Waals surface area contributed by atoms with E-state index in [2.05, 4.69) is 4.74 Å². The Morgan fingerprint density at radius 2 is 1.95 bits per heavy atom. The van der Waals surface area contributed by atoms with Gasteiger partial charge in [0, 0.05) is 5.56 Å². The van der Waals surface area contributed by atoms with Gasteiger partial charge < -0.3 is 9.84 Å². The number of carboxylic acids is 1. The average Bonchev–Trinajstić information content (AvgIpc) is 3.13. The summed E-state index contributed by atoms with van der Waals surface area (Å²) in [4.78, 5) is 22.5. The molecule has 1 N–H and O–H groups in total. The van der Waals surface area contributed by atoms with Gasteiger partial charge in [0.05, 0.1) is 17.6 Å². The summed E-state index contributed by atoms with van der Waals surface area (Å²) < 4.78 is 32.2. The number of halogens is 2. The fraction of sp³-hybridized carbons (Fsp3) is 0.385. The third-order valence-corrected chi connectivity index (χ3v) is 3.23. The number of rotatable bonds is 4. The van der Waals surface area contributed by atoms with Crippen molar-refractivity contribution in [2.24, 2.45) is 0 Å². The van der Waals surface area contributed by atoms with Crippen molar-refractivity contribution in [1.29, 1.82) is 0 Å². The van der Waals surface area contributed by atoms with Crippen molar-refractivity contribution >= 4 is 11.9 Å². The molecule has 1 aromatic carbocycles. The van der Waals surface area contributed by atoms with Gasteiger partial charge in [-0.2, -0.15) is 0 Å². The van der Waals surface area contributed by atoms with E-state index in [1.165, 1.54) is 0 Å². The van der Waals surface area contributed by atoms with Gasteiger partial charge in [-0.1, -0.05) is 0 Å². The summed E-state index contributed by atoms with van der Waals surface area (Å²) >= 11 is 0. The second kappa shape index (κ2) is 4.60. The van der Waals surface area contributed by atoms with Crippen LogP contribution in [0.3, 0.4) is 0 Å². The zero-order valence-electron chi connectivity index (χ0n) is 10.2. The summed E-state index contributed by atoms with van der Waals surface area (Å²) in [6.07, 6.45) is 0.523. The van der Waals surface area contributed by atoms with Crippen molar-refractivity contribution < 1.29 is 28.2 Å². The molecule has 0 unspecified atom stereocenters. The van der Waals surface area contributed by atoms with Crippen molar-refractivity contribution in [3.8, 4) is 0 Å². The molecule has 0 aliphatic heterocycles. The van der Waals surface area contributed by atoms with Gasteiger partial charge in [-0.3, -0.25) is 4.79 Å². The van der Waals surface area contributed by atoms with Gasteiger partial charge in [0.15, 0.2) is 0 Å². The highest BCUT2D eigenvalue weighted by Gasteiger charge is 2.53. The molecule has 6 heteroatoms. The molecule has 0 saturated heterocycles. The first-order valence-corrected chi connectivity index (χ1v) is 5.82. The first-order valence-electron chi connectivity index (χ1n) is 5.82. The van der Waals surface area contributed by atoms with E-state index in [1.54, 1.807) is 6.92 Å². The van der Waals surface area contributed by atoms with Crippen molar-refractivity contribution in [2.75, 3.05) is 6.61 Å². The molecule has 0 amide bonds. The Morgan fingerprint density at radius 3 is 2.42 bits per heavy atom. The van der Waals surface area contributed by atoms with E-state index in [9.17, 15) is 18.4 Å². The minimum atomic E-state index is -1.35. The van der Waals surface area contributed by atoms with E-state index < -0.39 is 34.6 Å². The number of hydrogen-bond acceptors (Lipinski definition) is 3. The highest BCUT2D eigenvalue weighted by Crippen LogP contribution is 2.49. The molecule has 0 atom stereocenters. The van der Waals surface area contributed by atoms with Crippen LogP contribution in [-0.4, -0.2) is 23.7 Å². The molecule has 4 nitrogen and oxygen atoms in total. The summed E-state index contributed by atoms with van der Waals surface area (Å²) in [5, 5.41) is 9.05. The second-order valence-corrected chi connectivity index (χ2v) is 4.42. The van der Waals surface area contributed by atoms with Gasteiger partial charge in [0.2, 0.25) is 0 Å². The summed E-state index contributed by atoms with van der Waals surface area (Å²) in [5.74, 6) is -4.02. The Bertz CT molecular complexity index is 550. The number of benzene rings is 1. The van der Waals surface area contributed by atoms with Crippen LogP contribution in [0.2, 0.25) is 0 Å². The molecule has 0 bridgehead atoms. The molecular formula is C13H12F2O4. The maximum atomic E-state index is 13.9. The molecule has 19 heavy (non-hydrogen) atoms. The number of aliphatic carboxylic acids is 1. The van der Waals surface area contributed by atoms with Gasteiger partial charge in [0.1, 0.15) is 11.6 Å². The smallest absolute Gasteiger partial charge is 0.341 e. The van der Waals surface area contributed by atoms with Crippen LogP contribution in [-0.2, 0) is 14.9 Å². The van der Waals surface area contributed by atoms with Crippen molar-refractivity contribution in [1.82, 2.24) is 0 Å². The largest absolute Gasteiger partial charge is 0.481 e. The summed E-state index contributed by atoms with van der Waals surface area (Å²) in [6.45, 7) is 1.59. The first kappa shape index (κ1) is 13.5. The van der Waals surface area contributed by atoms with E-state index in [1.807, 2.05) is 0 Å². The lowest BCUT2D eigenvalue weighted by Gasteiger charge is -2.13. The van der Waals surface area contributed by atoms with Crippen LogP contribution >= 0.6 is 0 Å². The molecule has 102 valence electrons. The Labute approximate surface area is 108 Å². The van der Waals surface area contributed by atoms with Crippen molar-refractivity contribution in [3.63, 3.8) is 0 Å². The summed E-state index contributed by atoms with van der Waals surface area (Å²) in [5.41, 5.74) is -2.09. The molecule has 1 fully saturated rings. The van der Waals surface area contributed by atoms with E-state index in [4.69, 9.17) is 5.11 Å². The molecular weight excluding hydrogens is 258 g/mol. The molecule has 1 aromatic rings. The lowest BCUT2D eigenvalue weighted by molar-refractivity contribution is -0.140. The number of esters is 1. The average molecular weight is 270 g/mol. The molecule has 0 radical (unpaired) electrons. The molecule has 0 heterocycles. The SMILES string of the molecule is CCOC(=O)c1cc(F)c(C2(C(=O)O)CC2)cc1F. The van der Waals surface area contributed by atoms with E-state index in [-0.39, 0.29) is 25.0 Å². The third-order valence-electron chi connectivity index (χ3n) is 3.23. The lowest BCUT2D eigenvalue weighted by Crippen LogP contribution is -2.22. The molecule has 1 aliphatic carbocycles. The Balaban J connectivity index is 2.43. The summed E-state index contributed by atoms with van der Waals surface area (Å²) in [6, 6.07) is 1.48. The predicted molar refractivity (Wildman–Crippen MR) is 60.9 cm³/mol. The van der Waals surface area contributed by atoms with Crippen LogP contribution in [0.5, 0.6) is 0 Å². The Morgan fingerprint density at radius 1 is 1.32 bits per heavy atom. The van der Waals surface area contributed by atoms with Crippen molar-refractivity contribution in [3.05, 3.63) is 34.9 Å². The highest BCUT2D eigenvalue weighted by atomic mass is 19.1. The molecule has 1 saturated carbocycles. The standard InChI is InChI=1S/C13H12F2O4/c1-2-19-11(16)7-5-10(15)8(6-9(7)14)13(3-4-13)12(17)18/h5-6H,2-4H2,1H3,(H,17,18). The number of carbonyl (C=O) groups excluding carboxylic acids is 1. The second-order valence-electron chi connectivity index (χ2n) is 4.42. The van der Waals surface area contributed by atoms with Crippen LogP contribution in [0.15, 0.2) is 12.1 Å². The van der Waals surface area contributed by atoms with Gasteiger partial charge in [-0.05, 0) is 31.9 Å². The van der Waals surface area contributed by atoms with Crippen LogP contribution in [0.1, 0.15) is 35.7 Å². The van der Waals surface area contributed by atoms with E-state index in [0.29, 0.717) is 6.07 Å². The van der Waals surface area contributed by atoms with Crippen LogP contribution in [0, 0.1) is 11.6 Å². The Kier molecular flexibility index (Phi) is 3.26. The first-order chi connectivity index (χ1) is 8.92. The van der Waals surface area contributed by atoms with Crippen LogP contribution < -0.4 is 0 Å². The maximum Gasteiger partial charge on any atom is 0.341 e.